The molecule has 0 aromatic heterocycles. The van der Waals surface area contributed by atoms with Gasteiger partial charge >= 0.3 is 0 Å². The highest BCUT2D eigenvalue weighted by Gasteiger charge is 2.13. The molecule has 0 saturated carbocycles. The lowest BCUT2D eigenvalue weighted by atomic mass is 10.1. The summed E-state index contributed by atoms with van der Waals surface area (Å²) >= 11 is 0. The molecule has 0 spiro atoms. The molecule has 1 aromatic carbocycles. The molecule has 0 saturated heterocycles. The van der Waals surface area contributed by atoms with Crippen LogP contribution in [0.15, 0.2) is 36.4 Å². The van der Waals surface area contributed by atoms with Gasteiger partial charge in [0, 0.05) is 12.1 Å². The Morgan fingerprint density at radius 3 is 2.81 bits per heavy atom. The molecule has 0 bridgehead atoms. The SMILES string of the molecule is CC(Cc1cccc(F)c1)NC1CC=CC1. The standard InChI is InChI=1S/C14H18FN/c1-11(16-14-7-2-3-8-14)9-12-5-4-6-13(15)10-12/h2-6,10-11,14,16H,7-9H2,1H3. The van der Waals surface area contributed by atoms with Crippen LogP contribution in [0.3, 0.4) is 0 Å². The predicted molar refractivity (Wildman–Crippen MR) is 64.9 cm³/mol. The highest BCUT2D eigenvalue weighted by molar-refractivity contribution is 5.17. The summed E-state index contributed by atoms with van der Waals surface area (Å²) in [5.74, 6) is -0.146. The molecule has 0 fully saturated rings. The predicted octanol–water partition coefficient (Wildman–Crippen LogP) is 3.06. The van der Waals surface area contributed by atoms with Crippen LogP contribution in [0.1, 0.15) is 25.3 Å². The summed E-state index contributed by atoms with van der Waals surface area (Å²) in [5.41, 5.74) is 1.06. The molecule has 1 nitrogen and oxygen atoms in total. The minimum atomic E-state index is -0.146. The molecule has 1 aromatic rings. The zero-order chi connectivity index (χ0) is 11.4. The van der Waals surface area contributed by atoms with Crippen LogP contribution in [0.2, 0.25) is 0 Å². The van der Waals surface area contributed by atoms with E-state index < -0.39 is 0 Å². The van der Waals surface area contributed by atoms with Gasteiger partial charge in [-0.1, -0.05) is 24.3 Å². The Bertz CT molecular complexity index is 365. The minimum Gasteiger partial charge on any atom is -0.311 e. The van der Waals surface area contributed by atoms with Crippen LogP contribution in [0.25, 0.3) is 0 Å². The van der Waals surface area contributed by atoms with Gasteiger partial charge in [-0.3, -0.25) is 0 Å². The fourth-order valence-electron chi connectivity index (χ4n) is 2.23. The van der Waals surface area contributed by atoms with E-state index in [4.69, 9.17) is 0 Å². The van der Waals surface area contributed by atoms with Gasteiger partial charge in [0.15, 0.2) is 0 Å². The number of nitrogens with one attached hydrogen (secondary N) is 1. The van der Waals surface area contributed by atoms with Crippen LogP contribution in [-0.2, 0) is 6.42 Å². The maximum Gasteiger partial charge on any atom is 0.123 e. The third-order valence-electron chi connectivity index (χ3n) is 2.96. The van der Waals surface area contributed by atoms with Crippen LogP contribution < -0.4 is 5.32 Å². The van der Waals surface area contributed by atoms with Gasteiger partial charge in [-0.25, -0.2) is 4.39 Å². The first kappa shape index (κ1) is 11.3. The van der Waals surface area contributed by atoms with Crippen LogP contribution >= 0.6 is 0 Å². The third-order valence-corrected chi connectivity index (χ3v) is 2.96. The first-order valence-corrected chi connectivity index (χ1v) is 5.89. The summed E-state index contributed by atoms with van der Waals surface area (Å²) in [5, 5.41) is 3.56. The summed E-state index contributed by atoms with van der Waals surface area (Å²) in [6.45, 7) is 2.16. The second-order valence-electron chi connectivity index (χ2n) is 4.54. The van der Waals surface area contributed by atoms with Gasteiger partial charge in [-0.15, -0.1) is 0 Å². The summed E-state index contributed by atoms with van der Waals surface area (Å²) in [6.07, 6.45) is 7.55. The lowest BCUT2D eigenvalue weighted by Gasteiger charge is -2.19. The second kappa shape index (κ2) is 5.26. The van der Waals surface area contributed by atoms with E-state index in [0.29, 0.717) is 12.1 Å². The molecule has 1 atom stereocenters. The number of rotatable bonds is 4. The normalized spacial score (nSPS) is 17.9. The first-order valence-electron chi connectivity index (χ1n) is 5.89. The molecule has 86 valence electrons. The topological polar surface area (TPSA) is 12.0 Å². The Labute approximate surface area is 96.4 Å². The van der Waals surface area contributed by atoms with Crippen molar-refractivity contribution in [2.24, 2.45) is 0 Å². The van der Waals surface area contributed by atoms with E-state index in [9.17, 15) is 4.39 Å². The quantitative estimate of drug-likeness (QED) is 0.767. The van der Waals surface area contributed by atoms with E-state index in [1.807, 2.05) is 6.07 Å². The van der Waals surface area contributed by atoms with Crippen LogP contribution in [0.5, 0.6) is 0 Å². The number of halogens is 1. The first-order chi connectivity index (χ1) is 7.74. The zero-order valence-corrected chi connectivity index (χ0v) is 9.62. The van der Waals surface area contributed by atoms with Crippen molar-refractivity contribution in [3.63, 3.8) is 0 Å². The van der Waals surface area contributed by atoms with E-state index in [0.717, 1.165) is 24.8 Å². The van der Waals surface area contributed by atoms with E-state index >= 15 is 0 Å². The van der Waals surface area contributed by atoms with E-state index in [1.165, 1.54) is 6.07 Å². The highest BCUT2D eigenvalue weighted by atomic mass is 19.1. The summed E-state index contributed by atoms with van der Waals surface area (Å²) in [6, 6.07) is 7.83. The molecule has 0 radical (unpaired) electrons. The van der Waals surface area contributed by atoms with E-state index in [1.54, 1.807) is 12.1 Å². The van der Waals surface area contributed by atoms with Gasteiger partial charge in [0.2, 0.25) is 0 Å². The Hall–Kier alpha value is -1.15. The largest absolute Gasteiger partial charge is 0.311 e. The van der Waals surface area contributed by atoms with Crippen molar-refractivity contribution in [2.45, 2.75) is 38.3 Å². The summed E-state index contributed by atoms with van der Waals surface area (Å²) in [4.78, 5) is 0. The van der Waals surface area contributed by atoms with Crippen molar-refractivity contribution in [1.82, 2.24) is 5.32 Å². The maximum absolute atomic E-state index is 13.0. The van der Waals surface area contributed by atoms with Crippen LogP contribution in [0, 0.1) is 5.82 Å². The van der Waals surface area contributed by atoms with Gasteiger partial charge < -0.3 is 5.32 Å². The third kappa shape index (κ3) is 3.17. The fraction of sp³-hybridized carbons (Fsp3) is 0.429. The Balaban J connectivity index is 1.84. The fourth-order valence-corrected chi connectivity index (χ4v) is 2.23. The lowest BCUT2D eigenvalue weighted by molar-refractivity contribution is 0.456. The van der Waals surface area contributed by atoms with Crippen LogP contribution in [0.4, 0.5) is 4.39 Å². The summed E-state index contributed by atoms with van der Waals surface area (Å²) in [7, 11) is 0. The molecule has 2 heteroatoms. The molecule has 1 N–H and O–H groups in total. The highest BCUT2D eigenvalue weighted by Crippen LogP contribution is 2.12. The Morgan fingerprint density at radius 2 is 2.12 bits per heavy atom. The molecular weight excluding hydrogens is 201 g/mol. The Kier molecular flexibility index (Phi) is 3.73. The van der Waals surface area contributed by atoms with Gasteiger partial charge in [0.1, 0.15) is 5.82 Å². The monoisotopic (exact) mass is 219 g/mol. The Morgan fingerprint density at radius 1 is 1.38 bits per heavy atom. The van der Waals surface area contributed by atoms with Gasteiger partial charge in [0.25, 0.3) is 0 Å². The van der Waals surface area contributed by atoms with E-state index in [2.05, 4.69) is 24.4 Å². The molecule has 1 aliphatic rings. The average molecular weight is 219 g/mol. The smallest absolute Gasteiger partial charge is 0.123 e. The van der Waals surface area contributed by atoms with Crippen molar-refractivity contribution in [2.75, 3.05) is 0 Å². The van der Waals surface area contributed by atoms with Gasteiger partial charge in [-0.05, 0) is 43.9 Å². The van der Waals surface area contributed by atoms with Crippen molar-refractivity contribution >= 4 is 0 Å². The number of benzene rings is 1. The van der Waals surface area contributed by atoms with Gasteiger partial charge in [0.05, 0.1) is 0 Å². The van der Waals surface area contributed by atoms with Crippen molar-refractivity contribution in [3.05, 3.63) is 47.8 Å². The minimum absolute atomic E-state index is 0.146. The molecule has 1 aliphatic carbocycles. The van der Waals surface area contributed by atoms with Crippen molar-refractivity contribution in [1.29, 1.82) is 0 Å². The molecule has 1 unspecified atom stereocenters. The maximum atomic E-state index is 13.0. The molecule has 2 rings (SSSR count). The number of hydrogen-bond acceptors (Lipinski definition) is 1. The van der Waals surface area contributed by atoms with Crippen LogP contribution in [-0.4, -0.2) is 12.1 Å². The number of hydrogen-bond donors (Lipinski definition) is 1. The molecule has 16 heavy (non-hydrogen) atoms. The zero-order valence-electron chi connectivity index (χ0n) is 9.62. The second-order valence-corrected chi connectivity index (χ2v) is 4.54. The molecular formula is C14H18FN. The average Bonchev–Trinajstić information content (AvgIpc) is 2.70. The van der Waals surface area contributed by atoms with Crippen molar-refractivity contribution in [3.8, 4) is 0 Å². The molecule has 0 heterocycles. The van der Waals surface area contributed by atoms with Gasteiger partial charge in [-0.2, -0.15) is 0 Å². The summed E-state index contributed by atoms with van der Waals surface area (Å²) < 4.78 is 13.0. The molecule has 0 amide bonds. The lowest BCUT2D eigenvalue weighted by Crippen LogP contribution is -2.36. The van der Waals surface area contributed by atoms with Crippen molar-refractivity contribution < 1.29 is 4.39 Å². The van der Waals surface area contributed by atoms with E-state index in [-0.39, 0.29) is 5.82 Å². The molecule has 0 aliphatic heterocycles.